The maximum atomic E-state index is 10.6. The van der Waals surface area contributed by atoms with Gasteiger partial charge in [-0.25, -0.2) is 0 Å². The smallest absolute Gasteiger partial charge is 0.313 e. The number of nitrogens with zero attached hydrogens (tertiary/aromatic N) is 3. The predicted molar refractivity (Wildman–Crippen MR) is 66.7 cm³/mol. The second-order valence-corrected chi connectivity index (χ2v) is 4.66. The highest BCUT2D eigenvalue weighted by molar-refractivity contribution is 7.99. The molecular formula is C11H13N3O4S. The normalized spacial score (nSPS) is 10.8. The molecule has 0 atom stereocenters. The molecule has 2 heterocycles. The molecule has 0 aliphatic heterocycles. The zero-order chi connectivity index (χ0) is 13.7. The van der Waals surface area contributed by atoms with Crippen molar-refractivity contribution in [1.82, 2.24) is 14.8 Å². The molecule has 19 heavy (non-hydrogen) atoms. The highest BCUT2D eigenvalue weighted by atomic mass is 32.2. The summed E-state index contributed by atoms with van der Waals surface area (Å²) in [6, 6.07) is 3.65. The quantitative estimate of drug-likeness (QED) is 0.724. The van der Waals surface area contributed by atoms with Gasteiger partial charge in [0.15, 0.2) is 11.0 Å². The molecule has 7 nitrogen and oxygen atoms in total. The van der Waals surface area contributed by atoms with E-state index in [0.717, 1.165) is 17.5 Å². The summed E-state index contributed by atoms with van der Waals surface area (Å²) in [5.74, 6) is 0.215. The number of hydrogen-bond donors (Lipinski definition) is 2. The van der Waals surface area contributed by atoms with Crippen molar-refractivity contribution in [3.63, 3.8) is 0 Å². The Bertz CT molecular complexity index is 538. The molecular weight excluding hydrogens is 270 g/mol. The minimum atomic E-state index is -0.920. The van der Waals surface area contributed by atoms with Gasteiger partial charge in [-0.1, -0.05) is 11.8 Å². The lowest BCUT2D eigenvalue weighted by Gasteiger charge is -2.07. The summed E-state index contributed by atoms with van der Waals surface area (Å²) >= 11 is 1.08. The van der Waals surface area contributed by atoms with Crippen LogP contribution in [0.2, 0.25) is 0 Å². The Labute approximate surface area is 113 Å². The number of aryl methyl sites for hydroxylation is 1. The fraction of sp³-hybridized carbons (Fsp3) is 0.364. The number of carbonyl (C=O) groups is 1. The van der Waals surface area contributed by atoms with Crippen molar-refractivity contribution in [3.05, 3.63) is 30.0 Å². The minimum Gasteiger partial charge on any atom is -0.481 e. The van der Waals surface area contributed by atoms with Crippen LogP contribution in [0.25, 0.3) is 0 Å². The van der Waals surface area contributed by atoms with Crippen molar-refractivity contribution in [2.45, 2.75) is 24.7 Å². The second kappa shape index (κ2) is 6.39. The largest absolute Gasteiger partial charge is 0.481 e. The Morgan fingerprint density at radius 1 is 1.47 bits per heavy atom. The predicted octanol–water partition coefficient (Wildman–Crippen LogP) is 0.783. The van der Waals surface area contributed by atoms with E-state index in [1.54, 1.807) is 16.9 Å². The van der Waals surface area contributed by atoms with Crippen LogP contribution in [0.5, 0.6) is 0 Å². The van der Waals surface area contributed by atoms with Crippen LogP contribution in [0.4, 0.5) is 0 Å². The molecule has 2 rings (SSSR count). The number of furan rings is 1. The summed E-state index contributed by atoms with van der Waals surface area (Å²) < 4.78 is 6.93. The van der Waals surface area contributed by atoms with Crippen molar-refractivity contribution in [3.8, 4) is 0 Å². The molecule has 2 aromatic rings. The van der Waals surface area contributed by atoms with E-state index in [9.17, 15) is 9.90 Å². The number of aromatic nitrogens is 3. The average Bonchev–Trinajstić information content (AvgIpc) is 3.02. The first-order valence-corrected chi connectivity index (χ1v) is 6.59. The molecule has 0 unspecified atom stereocenters. The van der Waals surface area contributed by atoms with Gasteiger partial charge in [-0.05, 0) is 12.1 Å². The average molecular weight is 283 g/mol. The molecule has 0 aliphatic rings. The summed E-state index contributed by atoms with van der Waals surface area (Å²) in [6.07, 6.45) is 2.22. The van der Waals surface area contributed by atoms with E-state index in [1.165, 1.54) is 0 Å². The molecule has 0 saturated heterocycles. The molecule has 0 saturated carbocycles. The van der Waals surface area contributed by atoms with E-state index >= 15 is 0 Å². The third-order valence-corrected chi connectivity index (χ3v) is 3.37. The Kier molecular flexibility index (Phi) is 4.58. The van der Waals surface area contributed by atoms with Gasteiger partial charge in [0.05, 0.1) is 12.0 Å². The van der Waals surface area contributed by atoms with E-state index in [0.29, 0.717) is 23.9 Å². The van der Waals surface area contributed by atoms with E-state index in [4.69, 9.17) is 9.52 Å². The fourth-order valence-electron chi connectivity index (χ4n) is 1.57. The molecule has 0 radical (unpaired) electrons. The van der Waals surface area contributed by atoms with Crippen molar-refractivity contribution in [2.75, 3.05) is 5.75 Å². The Hall–Kier alpha value is -1.80. The van der Waals surface area contributed by atoms with Crippen LogP contribution in [0.1, 0.15) is 11.6 Å². The van der Waals surface area contributed by atoms with Crippen LogP contribution < -0.4 is 0 Å². The summed E-state index contributed by atoms with van der Waals surface area (Å²) in [5.41, 5.74) is 0. The first-order chi connectivity index (χ1) is 9.20. The molecule has 0 aromatic carbocycles. The van der Waals surface area contributed by atoms with Gasteiger partial charge in [-0.3, -0.25) is 4.79 Å². The third kappa shape index (κ3) is 3.58. The first-order valence-electron chi connectivity index (χ1n) is 5.60. The lowest BCUT2D eigenvalue weighted by Crippen LogP contribution is -2.08. The van der Waals surface area contributed by atoms with Gasteiger partial charge >= 0.3 is 5.97 Å². The van der Waals surface area contributed by atoms with Crippen LogP contribution in [-0.2, 0) is 24.4 Å². The first kappa shape index (κ1) is 13.6. The zero-order valence-electron chi connectivity index (χ0n) is 10.0. The highest BCUT2D eigenvalue weighted by Gasteiger charge is 2.13. The number of rotatable bonds is 7. The van der Waals surface area contributed by atoms with Crippen LogP contribution in [0, 0.1) is 0 Å². The van der Waals surface area contributed by atoms with Crippen molar-refractivity contribution >= 4 is 17.7 Å². The molecule has 2 aromatic heterocycles. The number of carboxylic acid groups (broad SMARTS) is 1. The summed E-state index contributed by atoms with van der Waals surface area (Å²) in [7, 11) is 0. The van der Waals surface area contributed by atoms with Gasteiger partial charge in [0.2, 0.25) is 0 Å². The number of aliphatic carboxylic acids is 1. The molecule has 0 bridgehead atoms. The number of hydrogen-bond acceptors (Lipinski definition) is 6. The lowest BCUT2D eigenvalue weighted by molar-refractivity contribution is -0.133. The molecule has 0 aliphatic carbocycles. The molecule has 2 N–H and O–H groups in total. The van der Waals surface area contributed by atoms with Gasteiger partial charge in [0, 0.05) is 13.0 Å². The van der Waals surface area contributed by atoms with Gasteiger partial charge in [0.1, 0.15) is 12.4 Å². The Morgan fingerprint density at radius 2 is 2.32 bits per heavy atom. The van der Waals surface area contributed by atoms with Gasteiger partial charge in [-0.15, -0.1) is 10.2 Å². The number of carboxylic acids is 1. The monoisotopic (exact) mass is 283 g/mol. The lowest BCUT2D eigenvalue weighted by atomic mass is 10.3. The van der Waals surface area contributed by atoms with Crippen LogP contribution in [-0.4, -0.2) is 36.7 Å². The van der Waals surface area contributed by atoms with E-state index in [-0.39, 0.29) is 12.4 Å². The number of thioether (sulfide) groups is 1. The summed E-state index contributed by atoms with van der Waals surface area (Å²) in [5, 5.41) is 26.1. The Balaban J connectivity index is 2.07. The maximum Gasteiger partial charge on any atom is 0.313 e. The molecule has 0 spiro atoms. The highest BCUT2D eigenvalue weighted by Crippen LogP contribution is 2.17. The number of aliphatic hydroxyl groups is 1. The van der Waals surface area contributed by atoms with Crippen molar-refractivity contribution in [1.29, 1.82) is 0 Å². The standard InChI is InChI=1S/C11H13N3O4S/c15-6-9-12-13-11(19-7-10(16)17)14(9)4-3-8-2-1-5-18-8/h1-2,5,15H,3-4,6-7H2,(H,16,17). The molecule has 0 fully saturated rings. The van der Waals surface area contributed by atoms with Crippen LogP contribution >= 0.6 is 11.8 Å². The van der Waals surface area contributed by atoms with Gasteiger partial charge in [-0.2, -0.15) is 0 Å². The van der Waals surface area contributed by atoms with E-state index in [2.05, 4.69) is 10.2 Å². The topological polar surface area (TPSA) is 101 Å². The minimum absolute atomic E-state index is 0.0929. The molecule has 0 amide bonds. The molecule has 8 heteroatoms. The van der Waals surface area contributed by atoms with Gasteiger partial charge < -0.3 is 19.2 Å². The zero-order valence-corrected chi connectivity index (χ0v) is 10.8. The summed E-state index contributed by atoms with van der Waals surface area (Å²) in [6.45, 7) is 0.289. The van der Waals surface area contributed by atoms with E-state index < -0.39 is 5.97 Å². The third-order valence-electron chi connectivity index (χ3n) is 2.42. The Morgan fingerprint density at radius 3 is 2.95 bits per heavy atom. The van der Waals surface area contributed by atoms with Gasteiger partial charge in [0.25, 0.3) is 0 Å². The van der Waals surface area contributed by atoms with Crippen molar-refractivity contribution < 1.29 is 19.4 Å². The fourth-order valence-corrected chi connectivity index (χ4v) is 2.27. The van der Waals surface area contributed by atoms with Crippen LogP contribution in [0.15, 0.2) is 28.0 Å². The number of aliphatic hydroxyl groups excluding tert-OH is 1. The molecule has 102 valence electrons. The van der Waals surface area contributed by atoms with Crippen LogP contribution in [0.3, 0.4) is 0 Å². The van der Waals surface area contributed by atoms with Crippen molar-refractivity contribution in [2.24, 2.45) is 0 Å². The van der Waals surface area contributed by atoms with E-state index in [1.807, 2.05) is 6.07 Å². The SMILES string of the molecule is O=C(O)CSc1nnc(CO)n1CCc1ccco1. The second-order valence-electron chi connectivity index (χ2n) is 3.72. The summed E-state index contributed by atoms with van der Waals surface area (Å²) in [4.78, 5) is 10.6. The maximum absolute atomic E-state index is 10.6.